The van der Waals surface area contributed by atoms with E-state index in [1.165, 1.54) is 0 Å². The van der Waals surface area contributed by atoms with Gasteiger partial charge in [-0.3, -0.25) is 9.59 Å². The van der Waals surface area contributed by atoms with Gasteiger partial charge in [0.1, 0.15) is 6.54 Å². The summed E-state index contributed by atoms with van der Waals surface area (Å²) in [5, 5.41) is 0.724. The Morgan fingerprint density at radius 2 is 1.76 bits per heavy atom. The van der Waals surface area contributed by atoms with Gasteiger partial charge in [-0.15, -0.1) is 11.6 Å². The van der Waals surface area contributed by atoms with Crippen LogP contribution >= 0.6 is 23.2 Å². The lowest BCUT2D eigenvalue weighted by Gasteiger charge is -2.36. The minimum Gasteiger partial charge on any atom is -0.345 e. The van der Waals surface area contributed by atoms with Crippen molar-refractivity contribution in [3.8, 4) is 0 Å². The molecule has 0 bridgehead atoms. The molecular formula is C27H39Cl2N3O2. The molecule has 2 amide bonds. The number of carbonyl (C=O) groups excluding carboxylic acids is 2. The number of alkyl halides is 1. The molecule has 34 heavy (non-hydrogen) atoms. The molecule has 1 unspecified atom stereocenters. The van der Waals surface area contributed by atoms with Crippen LogP contribution in [-0.2, 0) is 22.7 Å². The molecule has 0 saturated carbocycles. The van der Waals surface area contributed by atoms with Gasteiger partial charge in [-0.25, -0.2) is 0 Å². The fraction of sp³-hybridized carbons (Fsp3) is 0.556. The van der Waals surface area contributed by atoms with E-state index in [1.807, 2.05) is 75.2 Å². The van der Waals surface area contributed by atoms with Crippen LogP contribution in [0, 0.1) is 11.3 Å². The van der Waals surface area contributed by atoms with Gasteiger partial charge in [0.25, 0.3) is 0 Å². The van der Waals surface area contributed by atoms with Crippen molar-refractivity contribution in [1.82, 2.24) is 14.4 Å². The van der Waals surface area contributed by atoms with E-state index in [4.69, 9.17) is 23.2 Å². The molecule has 2 aromatic rings. The lowest BCUT2D eigenvalue weighted by Crippen LogP contribution is -2.51. The average molecular weight is 509 g/mol. The van der Waals surface area contributed by atoms with Gasteiger partial charge in [0, 0.05) is 41.9 Å². The largest absolute Gasteiger partial charge is 0.345 e. The number of carbonyl (C=O) groups is 2. The molecule has 2 rings (SSSR count). The maximum Gasteiger partial charge on any atom is 0.242 e. The molecule has 0 aliphatic carbocycles. The number of amides is 2. The molecule has 0 spiro atoms. The van der Waals surface area contributed by atoms with Gasteiger partial charge in [0.2, 0.25) is 11.8 Å². The summed E-state index contributed by atoms with van der Waals surface area (Å²) >= 11 is 12.5. The third kappa shape index (κ3) is 7.51. The molecule has 1 aromatic heterocycles. The first kappa shape index (κ1) is 28.3. The Labute approximate surface area is 215 Å². The first-order valence-electron chi connectivity index (χ1n) is 12.0. The van der Waals surface area contributed by atoms with E-state index < -0.39 is 5.41 Å². The number of hydrogen-bond donors (Lipinski definition) is 0. The first-order valence-corrected chi connectivity index (χ1v) is 12.9. The third-order valence-electron chi connectivity index (χ3n) is 6.12. The van der Waals surface area contributed by atoms with Crippen molar-refractivity contribution in [1.29, 1.82) is 0 Å². The highest BCUT2D eigenvalue weighted by molar-refractivity contribution is 6.31. The van der Waals surface area contributed by atoms with Gasteiger partial charge in [-0.2, -0.15) is 0 Å². The van der Waals surface area contributed by atoms with E-state index >= 15 is 0 Å². The number of rotatable bonds is 12. The number of aromatic nitrogens is 1. The SMILES string of the molecule is CCC(C)N(CC(=O)N(Cc1cccn1Cc1ccccc1Cl)CC(C)C)C(=O)C(C)(C)CCl. The molecule has 0 saturated heterocycles. The third-order valence-corrected chi connectivity index (χ3v) is 7.15. The van der Waals surface area contributed by atoms with Gasteiger partial charge in [-0.1, -0.05) is 50.6 Å². The molecule has 7 heteroatoms. The summed E-state index contributed by atoms with van der Waals surface area (Å²) in [6, 6.07) is 11.8. The number of hydrogen-bond acceptors (Lipinski definition) is 2. The second kappa shape index (κ2) is 12.6. The van der Waals surface area contributed by atoms with E-state index in [2.05, 4.69) is 18.4 Å². The van der Waals surface area contributed by atoms with E-state index in [9.17, 15) is 9.59 Å². The zero-order valence-electron chi connectivity index (χ0n) is 21.4. The Kier molecular flexibility index (Phi) is 10.5. The molecular weight excluding hydrogens is 469 g/mol. The molecule has 5 nitrogen and oxygen atoms in total. The van der Waals surface area contributed by atoms with Crippen LogP contribution in [0.3, 0.4) is 0 Å². The Morgan fingerprint density at radius 3 is 2.35 bits per heavy atom. The Hall–Kier alpha value is -1.98. The second-order valence-corrected chi connectivity index (χ2v) is 10.8. The van der Waals surface area contributed by atoms with Crippen molar-refractivity contribution in [2.75, 3.05) is 19.0 Å². The van der Waals surface area contributed by atoms with E-state index in [0.29, 0.717) is 25.6 Å². The molecule has 1 atom stereocenters. The maximum atomic E-state index is 13.5. The zero-order valence-corrected chi connectivity index (χ0v) is 22.9. The predicted molar refractivity (Wildman–Crippen MR) is 141 cm³/mol. The summed E-state index contributed by atoms with van der Waals surface area (Å²) in [6.07, 6.45) is 2.77. The van der Waals surface area contributed by atoms with Gasteiger partial charge in [-0.05, 0) is 56.9 Å². The van der Waals surface area contributed by atoms with Gasteiger partial charge < -0.3 is 14.4 Å². The summed E-state index contributed by atoms with van der Waals surface area (Å²) in [4.78, 5) is 30.3. The molecule has 1 aromatic carbocycles. The Balaban J connectivity index is 2.25. The minimum atomic E-state index is -0.724. The maximum absolute atomic E-state index is 13.5. The number of halogens is 2. The second-order valence-electron chi connectivity index (χ2n) is 10.1. The quantitative estimate of drug-likeness (QED) is 0.327. The van der Waals surface area contributed by atoms with Crippen molar-refractivity contribution in [3.63, 3.8) is 0 Å². The van der Waals surface area contributed by atoms with E-state index in [0.717, 1.165) is 22.7 Å². The summed E-state index contributed by atoms with van der Waals surface area (Å²) in [6.45, 7) is 13.6. The minimum absolute atomic E-state index is 0.0477. The molecule has 0 aliphatic heterocycles. The van der Waals surface area contributed by atoms with E-state index in [-0.39, 0.29) is 30.3 Å². The molecule has 0 aliphatic rings. The van der Waals surface area contributed by atoms with Crippen LogP contribution in [0.5, 0.6) is 0 Å². The van der Waals surface area contributed by atoms with Crippen LogP contribution in [-0.4, -0.2) is 51.2 Å². The average Bonchev–Trinajstić information content (AvgIpc) is 3.23. The highest BCUT2D eigenvalue weighted by atomic mass is 35.5. The van der Waals surface area contributed by atoms with Crippen LogP contribution in [0.15, 0.2) is 42.6 Å². The Bertz CT molecular complexity index is 955. The molecule has 1 heterocycles. The van der Waals surface area contributed by atoms with Crippen molar-refractivity contribution in [3.05, 3.63) is 58.9 Å². The highest BCUT2D eigenvalue weighted by Crippen LogP contribution is 2.24. The van der Waals surface area contributed by atoms with Crippen LogP contribution < -0.4 is 0 Å². The summed E-state index contributed by atoms with van der Waals surface area (Å²) in [5.74, 6) is 0.357. The van der Waals surface area contributed by atoms with Gasteiger partial charge in [0.15, 0.2) is 0 Å². The molecule has 0 fully saturated rings. The highest BCUT2D eigenvalue weighted by Gasteiger charge is 2.35. The van der Waals surface area contributed by atoms with Crippen molar-refractivity contribution in [2.24, 2.45) is 11.3 Å². The van der Waals surface area contributed by atoms with Crippen LogP contribution in [0.1, 0.15) is 59.2 Å². The van der Waals surface area contributed by atoms with Gasteiger partial charge in [0.05, 0.1) is 12.0 Å². The fourth-order valence-corrected chi connectivity index (χ4v) is 4.10. The van der Waals surface area contributed by atoms with Crippen LogP contribution in [0.25, 0.3) is 0 Å². The number of benzene rings is 1. The summed E-state index contributed by atoms with van der Waals surface area (Å²) in [7, 11) is 0. The van der Waals surface area contributed by atoms with E-state index in [1.54, 1.807) is 4.90 Å². The zero-order chi connectivity index (χ0) is 25.5. The van der Waals surface area contributed by atoms with Gasteiger partial charge >= 0.3 is 0 Å². The first-order chi connectivity index (χ1) is 16.0. The normalized spacial score (nSPS) is 12.6. The predicted octanol–water partition coefficient (Wildman–Crippen LogP) is 6.07. The summed E-state index contributed by atoms with van der Waals surface area (Å²) < 4.78 is 2.12. The number of nitrogens with zero attached hydrogens (tertiary/aromatic N) is 3. The topological polar surface area (TPSA) is 45.6 Å². The Morgan fingerprint density at radius 1 is 1.09 bits per heavy atom. The van der Waals surface area contributed by atoms with Crippen LogP contribution in [0.2, 0.25) is 5.02 Å². The molecule has 0 N–H and O–H groups in total. The standard InChI is InChI=1S/C27H39Cl2N3O2/c1-7-21(4)32(26(34)27(5,6)19-28)18-25(33)31(15-20(2)3)17-23-12-10-14-30(23)16-22-11-8-9-13-24(22)29/h8-14,20-21H,7,15-19H2,1-6H3. The van der Waals surface area contributed by atoms with Crippen molar-refractivity contribution < 1.29 is 9.59 Å². The molecule has 0 radical (unpaired) electrons. The lowest BCUT2D eigenvalue weighted by molar-refractivity contribution is -0.148. The van der Waals surface area contributed by atoms with Crippen LogP contribution in [0.4, 0.5) is 0 Å². The lowest BCUT2D eigenvalue weighted by atomic mass is 9.93. The fourth-order valence-electron chi connectivity index (χ4n) is 3.79. The van der Waals surface area contributed by atoms with Crippen molar-refractivity contribution >= 4 is 35.0 Å². The summed E-state index contributed by atoms with van der Waals surface area (Å²) in [5.41, 5.74) is 1.33. The smallest absolute Gasteiger partial charge is 0.242 e. The van der Waals surface area contributed by atoms with Crippen molar-refractivity contribution in [2.45, 2.75) is 67.1 Å². The molecule has 188 valence electrons. The monoisotopic (exact) mass is 507 g/mol.